The van der Waals surface area contributed by atoms with Crippen LogP contribution in [0.3, 0.4) is 0 Å². The third-order valence-corrected chi connectivity index (χ3v) is 6.02. The topological polar surface area (TPSA) is 70.6 Å². The first-order valence-corrected chi connectivity index (χ1v) is 9.95. The lowest BCUT2D eigenvalue weighted by Gasteiger charge is -2.37. The number of amides is 1. The van der Waals surface area contributed by atoms with E-state index < -0.39 is 0 Å². The van der Waals surface area contributed by atoms with E-state index in [9.17, 15) is 4.79 Å². The number of hydrogen-bond donors (Lipinski definition) is 1. The molecule has 0 aliphatic carbocycles. The summed E-state index contributed by atoms with van der Waals surface area (Å²) in [5.41, 5.74) is 0. The number of anilines is 1. The van der Waals surface area contributed by atoms with Crippen LogP contribution in [0.25, 0.3) is 0 Å². The van der Waals surface area contributed by atoms with Crippen LogP contribution in [0.2, 0.25) is 0 Å². The van der Waals surface area contributed by atoms with Gasteiger partial charge in [0.15, 0.2) is 5.82 Å². The molecular formula is C19H29N5O2. The maximum atomic E-state index is 13.1. The van der Waals surface area contributed by atoms with Crippen molar-refractivity contribution in [1.82, 2.24) is 20.4 Å². The standard InChI is InChI=1S/C19H29N5O2/c25-19(16-5-13-26-17(16)14-15-3-7-20-8-4-15)24-11-9-23(10-12-24)18-2-1-6-21-22-18/h1-2,6,15-17,20H,3-5,7-14H2/t16-,17-/m1/s1. The minimum atomic E-state index is 0.0490. The number of ether oxygens (including phenoxy) is 1. The molecule has 3 aliphatic heterocycles. The zero-order chi connectivity index (χ0) is 17.8. The van der Waals surface area contributed by atoms with Crippen molar-refractivity contribution in [1.29, 1.82) is 0 Å². The average Bonchev–Trinajstić information content (AvgIpc) is 3.17. The molecule has 1 aromatic rings. The van der Waals surface area contributed by atoms with E-state index in [2.05, 4.69) is 20.4 Å². The van der Waals surface area contributed by atoms with Gasteiger partial charge in [0.05, 0.1) is 12.0 Å². The number of carbonyl (C=O) groups excluding carboxylic acids is 1. The van der Waals surface area contributed by atoms with E-state index in [-0.39, 0.29) is 12.0 Å². The van der Waals surface area contributed by atoms with Gasteiger partial charge in [0, 0.05) is 39.0 Å². The third kappa shape index (κ3) is 3.99. The highest BCUT2D eigenvalue weighted by atomic mass is 16.5. The van der Waals surface area contributed by atoms with Gasteiger partial charge in [-0.05, 0) is 56.8 Å². The first kappa shape index (κ1) is 17.7. The van der Waals surface area contributed by atoms with Crippen molar-refractivity contribution in [3.8, 4) is 0 Å². The molecule has 0 saturated carbocycles. The Kier molecular flexibility index (Phi) is 5.65. The molecule has 3 fully saturated rings. The monoisotopic (exact) mass is 359 g/mol. The highest BCUT2D eigenvalue weighted by Crippen LogP contribution is 2.31. The zero-order valence-corrected chi connectivity index (χ0v) is 15.3. The number of piperidine rings is 1. The molecule has 3 saturated heterocycles. The predicted octanol–water partition coefficient (Wildman–Crippen LogP) is 0.920. The lowest BCUT2D eigenvalue weighted by atomic mass is 9.86. The molecule has 1 aromatic heterocycles. The summed E-state index contributed by atoms with van der Waals surface area (Å²) in [6.07, 6.45) is 6.13. The molecule has 142 valence electrons. The molecule has 4 heterocycles. The van der Waals surface area contributed by atoms with E-state index in [1.165, 1.54) is 12.8 Å². The van der Waals surface area contributed by atoms with Crippen molar-refractivity contribution in [2.45, 2.75) is 31.8 Å². The van der Waals surface area contributed by atoms with Crippen molar-refractivity contribution >= 4 is 11.7 Å². The number of hydrogen-bond acceptors (Lipinski definition) is 6. The summed E-state index contributed by atoms with van der Waals surface area (Å²) >= 11 is 0. The van der Waals surface area contributed by atoms with Gasteiger partial charge in [-0.1, -0.05) is 0 Å². The summed E-state index contributed by atoms with van der Waals surface area (Å²) in [7, 11) is 0. The summed E-state index contributed by atoms with van der Waals surface area (Å²) in [4.78, 5) is 17.3. The number of carbonyl (C=O) groups is 1. The fraction of sp³-hybridized carbons (Fsp3) is 0.737. The van der Waals surface area contributed by atoms with Crippen molar-refractivity contribution in [2.75, 3.05) is 50.8 Å². The van der Waals surface area contributed by atoms with Crippen molar-refractivity contribution in [3.05, 3.63) is 18.3 Å². The van der Waals surface area contributed by atoms with Crippen LogP contribution in [0.5, 0.6) is 0 Å². The van der Waals surface area contributed by atoms with Gasteiger partial charge in [-0.2, -0.15) is 5.10 Å². The Bertz CT molecular complexity index is 585. The summed E-state index contributed by atoms with van der Waals surface area (Å²) in [5, 5.41) is 11.5. The van der Waals surface area contributed by atoms with E-state index in [1.54, 1.807) is 6.20 Å². The maximum Gasteiger partial charge on any atom is 0.228 e. The van der Waals surface area contributed by atoms with Gasteiger partial charge in [-0.25, -0.2) is 0 Å². The van der Waals surface area contributed by atoms with E-state index in [1.807, 2.05) is 17.0 Å². The van der Waals surface area contributed by atoms with Gasteiger partial charge in [0.1, 0.15) is 0 Å². The SMILES string of the molecule is O=C([C@@H]1CCO[C@@H]1CC1CCNCC1)N1CCN(c2cccnn2)CC1. The lowest BCUT2D eigenvalue weighted by Crippen LogP contribution is -2.51. The van der Waals surface area contributed by atoms with Gasteiger partial charge in [-0.15, -0.1) is 5.10 Å². The minimum Gasteiger partial charge on any atom is -0.377 e. The van der Waals surface area contributed by atoms with Crippen LogP contribution in [0.4, 0.5) is 5.82 Å². The average molecular weight is 359 g/mol. The highest BCUT2D eigenvalue weighted by Gasteiger charge is 2.38. The van der Waals surface area contributed by atoms with Crippen LogP contribution in [0, 0.1) is 11.8 Å². The number of nitrogens with one attached hydrogen (secondary N) is 1. The summed E-state index contributed by atoms with van der Waals surface area (Å²) < 4.78 is 5.97. The van der Waals surface area contributed by atoms with E-state index in [0.29, 0.717) is 11.8 Å². The molecule has 1 amide bonds. The number of piperazine rings is 1. The van der Waals surface area contributed by atoms with E-state index in [0.717, 1.165) is 64.5 Å². The summed E-state index contributed by atoms with van der Waals surface area (Å²) in [5.74, 6) is 1.93. The molecule has 7 nitrogen and oxygen atoms in total. The predicted molar refractivity (Wildman–Crippen MR) is 98.9 cm³/mol. The molecule has 7 heteroatoms. The van der Waals surface area contributed by atoms with Gasteiger partial charge >= 0.3 is 0 Å². The Morgan fingerprint density at radius 3 is 2.73 bits per heavy atom. The Labute approximate surface area is 155 Å². The van der Waals surface area contributed by atoms with Crippen molar-refractivity contribution < 1.29 is 9.53 Å². The molecule has 2 atom stereocenters. The molecule has 0 aromatic carbocycles. The Morgan fingerprint density at radius 2 is 2.00 bits per heavy atom. The first-order valence-electron chi connectivity index (χ1n) is 9.95. The van der Waals surface area contributed by atoms with E-state index >= 15 is 0 Å². The fourth-order valence-electron chi connectivity index (χ4n) is 4.46. The maximum absolute atomic E-state index is 13.1. The smallest absolute Gasteiger partial charge is 0.228 e. The van der Waals surface area contributed by atoms with Crippen LogP contribution in [-0.4, -0.2) is 73.0 Å². The van der Waals surface area contributed by atoms with Gasteiger partial charge < -0.3 is 19.9 Å². The van der Waals surface area contributed by atoms with Crippen LogP contribution in [0.15, 0.2) is 18.3 Å². The zero-order valence-electron chi connectivity index (χ0n) is 15.3. The van der Waals surface area contributed by atoms with Crippen LogP contribution in [-0.2, 0) is 9.53 Å². The minimum absolute atomic E-state index is 0.0490. The Balaban J connectivity index is 1.31. The van der Waals surface area contributed by atoms with Crippen LogP contribution < -0.4 is 10.2 Å². The van der Waals surface area contributed by atoms with Crippen molar-refractivity contribution in [3.63, 3.8) is 0 Å². The molecule has 0 radical (unpaired) electrons. The molecule has 26 heavy (non-hydrogen) atoms. The molecule has 3 aliphatic rings. The molecule has 1 N–H and O–H groups in total. The first-order chi connectivity index (χ1) is 12.8. The number of nitrogens with zero attached hydrogens (tertiary/aromatic N) is 4. The second-order valence-electron chi connectivity index (χ2n) is 7.63. The summed E-state index contributed by atoms with van der Waals surface area (Å²) in [6.45, 7) is 6.07. The quantitative estimate of drug-likeness (QED) is 0.862. The van der Waals surface area contributed by atoms with E-state index in [4.69, 9.17) is 4.74 Å². The Hall–Kier alpha value is -1.73. The molecule has 0 unspecified atom stereocenters. The number of aromatic nitrogens is 2. The second-order valence-corrected chi connectivity index (χ2v) is 7.63. The molecular weight excluding hydrogens is 330 g/mol. The normalized spacial score (nSPS) is 27.7. The Morgan fingerprint density at radius 1 is 1.19 bits per heavy atom. The second kappa shape index (κ2) is 8.31. The van der Waals surface area contributed by atoms with Crippen LogP contribution >= 0.6 is 0 Å². The molecule has 0 spiro atoms. The molecule has 4 rings (SSSR count). The number of rotatable bonds is 4. The molecule has 0 bridgehead atoms. The van der Waals surface area contributed by atoms with Crippen molar-refractivity contribution in [2.24, 2.45) is 11.8 Å². The fourth-order valence-corrected chi connectivity index (χ4v) is 4.46. The third-order valence-electron chi connectivity index (χ3n) is 6.02. The van der Waals surface area contributed by atoms with Gasteiger partial charge in [-0.3, -0.25) is 4.79 Å². The van der Waals surface area contributed by atoms with Gasteiger partial charge in [0.25, 0.3) is 0 Å². The van der Waals surface area contributed by atoms with Crippen LogP contribution in [0.1, 0.15) is 25.7 Å². The lowest BCUT2D eigenvalue weighted by molar-refractivity contribution is -0.138. The van der Waals surface area contributed by atoms with Gasteiger partial charge in [0.2, 0.25) is 5.91 Å². The highest BCUT2D eigenvalue weighted by molar-refractivity contribution is 5.80. The largest absolute Gasteiger partial charge is 0.377 e. The summed E-state index contributed by atoms with van der Waals surface area (Å²) in [6, 6.07) is 3.88.